The van der Waals surface area contributed by atoms with E-state index in [1.165, 1.54) is 6.42 Å². The molecule has 2 atom stereocenters. The van der Waals surface area contributed by atoms with E-state index in [0.717, 1.165) is 30.1 Å². The van der Waals surface area contributed by atoms with Gasteiger partial charge in [-0.05, 0) is 42.9 Å². The van der Waals surface area contributed by atoms with Gasteiger partial charge in [0.1, 0.15) is 12.4 Å². The van der Waals surface area contributed by atoms with E-state index >= 15 is 0 Å². The molecule has 5 nitrogen and oxygen atoms in total. The first-order valence-corrected chi connectivity index (χ1v) is 9.25. The summed E-state index contributed by atoms with van der Waals surface area (Å²) in [6.07, 6.45) is 1.72. The average molecular weight is 344 g/mol. The van der Waals surface area contributed by atoms with Gasteiger partial charge in [-0.25, -0.2) is 0 Å². The zero-order chi connectivity index (χ0) is 18.0. The molecule has 3 rings (SSSR count). The SMILES string of the molecule is Cc1ccc2c(c1)N(C(=O)CCC(=O)N1CC(C)CC(C)C1)CCO2. The minimum absolute atomic E-state index is 0.00149. The minimum Gasteiger partial charge on any atom is -0.490 e. The topological polar surface area (TPSA) is 49.9 Å². The lowest BCUT2D eigenvalue weighted by atomic mass is 9.91. The van der Waals surface area contributed by atoms with Gasteiger partial charge in [0, 0.05) is 25.9 Å². The second kappa shape index (κ2) is 7.46. The number of fused-ring (bicyclic) bond motifs is 1. The highest BCUT2D eigenvalue weighted by Crippen LogP contribution is 2.33. The summed E-state index contributed by atoms with van der Waals surface area (Å²) in [6, 6.07) is 5.86. The molecule has 2 unspecified atom stereocenters. The van der Waals surface area contributed by atoms with Gasteiger partial charge in [-0.2, -0.15) is 0 Å². The first-order chi connectivity index (χ1) is 11.9. The molecule has 0 spiro atoms. The predicted molar refractivity (Wildman–Crippen MR) is 97.8 cm³/mol. The first-order valence-electron chi connectivity index (χ1n) is 9.25. The molecule has 5 heteroatoms. The van der Waals surface area contributed by atoms with Crippen molar-refractivity contribution in [3.63, 3.8) is 0 Å². The van der Waals surface area contributed by atoms with E-state index in [4.69, 9.17) is 4.74 Å². The van der Waals surface area contributed by atoms with E-state index in [0.29, 0.717) is 25.0 Å². The molecule has 2 aliphatic heterocycles. The van der Waals surface area contributed by atoms with Crippen LogP contribution in [0.1, 0.15) is 38.7 Å². The average Bonchev–Trinajstić information content (AvgIpc) is 2.57. The summed E-state index contributed by atoms with van der Waals surface area (Å²) >= 11 is 0. The number of amides is 2. The molecule has 0 aromatic heterocycles. The summed E-state index contributed by atoms with van der Waals surface area (Å²) in [7, 11) is 0. The number of ether oxygens (including phenoxy) is 1. The largest absolute Gasteiger partial charge is 0.490 e. The van der Waals surface area contributed by atoms with Crippen LogP contribution in [0.25, 0.3) is 0 Å². The highest BCUT2D eigenvalue weighted by Gasteiger charge is 2.27. The Labute approximate surface area is 149 Å². The fraction of sp³-hybridized carbons (Fsp3) is 0.600. The van der Waals surface area contributed by atoms with Gasteiger partial charge >= 0.3 is 0 Å². The standard InChI is InChI=1S/C20H28N2O3/c1-14-4-5-18-17(11-14)22(8-9-25-18)20(24)7-6-19(23)21-12-15(2)10-16(3)13-21/h4-5,11,15-16H,6-10,12-13H2,1-3H3. The highest BCUT2D eigenvalue weighted by molar-refractivity contribution is 5.97. The maximum Gasteiger partial charge on any atom is 0.227 e. The summed E-state index contributed by atoms with van der Waals surface area (Å²) < 4.78 is 5.63. The van der Waals surface area contributed by atoms with Gasteiger partial charge in [-0.3, -0.25) is 9.59 Å². The van der Waals surface area contributed by atoms with Crippen LogP contribution in [0, 0.1) is 18.8 Å². The molecule has 0 radical (unpaired) electrons. The normalized spacial score (nSPS) is 23.0. The zero-order valence-electron chi connectivity index (χ0n) is 15.5. The smallest absolute Gasteiger partial charge is 0.227 e. The molecule has 1 aromatic carbocycles. The van der Waals surface area contributed by atoms with Crippen molar-refractivity contribution in [2.24, 2.45) is 11.8 Å². The molecule has 0 saturated carbocycles. The Morgan fingerprint density at radius 3 is 2.52 bits per heavy atom. The van der Waals surface area contributed by atoms with Gasteiger partial charge in [-0.1, -0.05) is 19.9 Å². The lowest BCUT2D eigenvalue weighted by Gasteiger charge is -2.35. The number of hydrogen-bond acceptors (Lipinski definition) is 3. The van der Waals surface area contributed by atoms with Crippen molar-refractivity contribution in [1.29, 1.82) is 0 Å². The van der Waals surface area contributed by atoms with Crippen LogP contribution in [0.3, 0.4) is 0 Å². The van der Waals surface area contributed by atoms with Crippen LogP contribution in [-0.2, 0) is 9.59 Å². The van der Waals surface area contributed by atoms with Crippen molar-refractivity contribution in [3.8, 4) is 5.75 Å². The molecule has 2 heterocycles. The number of aryl methyl sites for hydroxylation is 1. The van der Waals surface area contributed by atoms with Crippen LogP contribution < -0.4 is 9.64 Å². The summed E-state index contributed by atoms with van der Waals surface area (Å²) in [6.45, 7) is 9.05. The number of benzene rings is 1. The number of carbonyl (C=O) groups is 2. The highest BCUT2D eigenvalue weighted by atomic mass is 16.5. The third-order valence-electron chi connectivity index (χ3n) is 5.05. The number of rotatable bonds is 3. The number of piperidine rings is 1. The molecule has 2 amide bonds. The number of anilines is 1. The molecule has 0 aliphatic carbocycles. The quantitative estimate of drug-likeness (QED) is 0.847. The molecule has 2 aliphatic rings. The first kappa shape index (κ1) is 17.8. The number of nitrogens with zero attached hydrogens (tertiary/aromatic N) is 2. The van der Waals surface area contributed by atoms with E-state index in [-0.39, 0.29) is 24.7 Å². The summed E-state index contributed by atoms with van der Waals surface area (Å²) in [4.78, 5) is 28.9. The van der Waals surface area contributed by atoms with Crippen molar-refractivity contribution in [2.45, 2.75) is 40.0 Å². The van der Waals surface area contributed by atoms with Crippen molar-refractivity contribution in [2.75, 3.05) is 31.1 Å². The number of carbonyl (C=O) groups excluding carboxylic acids is 2. The third kappa shape index (κ3) is 4.14. The Balaban J connectivity index is 1.60. The Hall–Kier alpha value is -2.04. The lowest BCUT2D eigenvalue weighted by molar-refractivity contribution is -0.135. The minimum atomic E-state index is 0.00149. The van der Waals surface area contributed by atoms with E-state index in [1.54, 1.807) is 4.90 Å². The van der Waals surface area contributed by atoms with E-state index < -0.39 is 0 Å². The molecule has 25 heavy (non-hydrogen) atoms. The van der Waals surface area contributed by atoms with Crippen LogP contribution in [0.2, 0.25) is 0 Å². The van der Waals surface area contributed by atoms with Gasteiger partial charge in [0.05, 0.1) is 12.2 Å². The van der Waals surface area contributed by atoms with Crippen LogP contribution in [0.15, 0.2) is 18.2 Å². The van der Waals surface area contributed by atoms with Crippen LogP contribution >= 0.6 is 0 Å². The van der Waals surface area contributed by atoms with Gasteiger partial charge in [0.25, 0.3) is 0 Å². The maximum atomic E-state index is 12.7. The predicted octanol–water partition coefficient (Wildman–Crippen LogP) is 3.01. The summed E-state index contributed by atoms with van der Waals surface area (Å²) in [5.41, 5.74) is 1.92. The van der Waals surface area contributed by atoms with Crippen LogP contribution in [0.5, 0.6) is 5.75 Å². The van der Waals surface area contributed by atoms with E-state index in [2.05, 4.69) is 13.8 Å². The summed E-state index contributed by atoms with van der Waals surface area (Å²) in [5.74, 6) is 1.93. The van der Waals surface area contributed by atoms with E-state index in [1.807, 2.05) is 30.0 Å². The molecule has 1 fully saturated rings. The van der Waals surface area contributed by atoms with Crippen molar-refractivity contribution < 1.29 is 14.3 Å². The monoisotopic (exact) mass is 344 g/mol. The Bertz CT molecular complexity index is 648. The lowest BCUT2D eigenvalue weighted by Crippen LogP contribution is -2.43. The van der Waals surface area contributed by atoms with Gasteiger partial charge in [-0.15, -0.1) is 0 Å². The van der Waals surface area contributed by atoms with Crippen LogP contribution in [0.4, 0.5) is 5.69 Å². The molecular weight excluding hydrogens is 316 g/mol. The number of hydrogen-bond donors (Lipinski definition) is 0. The fourth-order valence-corrected chi connectivity index (χ4v) is 3.96. The molecular formula is C20H28N2O3. The molecule has 0 bridgehead atoms. The van der Waals surface area contributed by atoms with Gasteiger partial charge in [0.15, 0.2) is 0 Å². The number of likely N-dealkylation sites (tertiary alicyclic amines) is 1. The van der Waals surface area contributed by atoms with Crippen molar-refractivity contribution in [1.82, 2.24) is 4.90 Å². The van der Waals surface area contributed by atoms with Gasteiger partial charge < -0.3 is 14.5 Å². The Kier molecular flexibility index (Phi) is 5.30. The van der Waals surface area contributed by atoms with Gasteiger partial charge in [0.2, 0.25) is 11.8 Å². The fourth-order valence-electron chi connectivity index (χ4n) is 3.96. The second-order valence-electron chi connectivity index (χ2n) is 7.61. The van der Waals surface area contributed by atoms with Crippen molar-refractivity contribution >= 4 is 17.5 Å². The molecule has 0 N–H and O–H groups in total. The molecule has 1 saturated heterocycles. The zero-order valence-corrected chi connectivity index (χ0v) is 15.5. The van der Waals surface area contributed by atoms with E-state index in [9.17, 15) is 9.59 Å². The molecule has 1 aromatic rings. The summed E-state index contributed by atoms with van der Waals surface area (Å²) in [5, 5.41) is 0. The van der Waals surface area contributed by atoms with Crippen molar-refractivity contribution in [3.05, 3.63) is 23.8 Å². The maximum absolute atomic E-state index is 12.7. The third-order valence-corrected chi connectivity index (χ3v) is 5.05. The Morgan fingerprint density at radius 2 is 1.80 bits per heavy atom. The van der Waals surface area contributed by atoms with Crippen LogP contribution in [-0.4, -0.2) is 43.0 Å². The molecule has 136 valence electrons. The second-order valence-corrected chi connectivity index (χ2v) is 7.61. The Morgan fingerprint density at radius 1 is 1.12 bits per heavy atom.